The minimum absolute atomic E-state index is 0.000597. The molecule has 0 unspecified atom stereocenters. The smallest absolute Gasteiger partial charge is 0.338 e. The molecule has 3 N–H and O–H groups in total. The van der Waals surface area contributed by atoms with Crippen LogP contribution in [-0.2, 0) is 20.9 Å². The summed E-state index contributed by atoms with van der Waals surface area (Å²) in [6, 6.07) is 7.28. The van der Waals surface area contributed by atoms with E-state index in [0.717, 1.165) is 56.6 Å². The van der Waals surface area contributed by atoms with Crippen LogP contribution in [0.3, 0.4) is 0 Å². The lowest BCUT2D eigenvalue weighted by Crippen LogP contribution is -2.62. The molecule has 3 saturated carbocycles. The molecule has 1 aliphatic heterocycles. The van der Waals surface area contributed by atoms with Crippen molar-refractivity contribution in [2.75, 3.05) is 45.9 Å². The highest BCUT2D eigenvalue weighted by Crippen LogP contribution is 2.67. The van der Waals surface area contributed by atoms with Crippen LogP contribution in [0.2, 0.25) is 0 Å². The second-order valence-corrected chi connectivity index (χ2v) is 14.5. The number of piperazine rings is 1. The molecule has 5 aliphatic rings. The molecular formula is C35H48N2O7. The van der Waals surface area contributed by atoms with E-state index < -0.39 is 35.5 Å². The minimum Gasteiger partial charge on any atom is -0.454 e. The van der Waals surface area contributed by atoms with Crippen LogP contribution in [0.1, 0.15) is 74.7 Å². The molecule has 9 heteroatoms. The number of hydrogen-bond donors (Lipinski definition) is 3. The van der Waals surface area contributed by atoms with Crippen molar-refractivity contribution in [1.82, 2.24) is 9.80 Å². The first-order chi connectivity index (χ1) is 21.0. The van der Waals surface area contributed by atoms with Crippen LogP contribution in [0.5, 0.6) is 0 Å². The van der Waals surface area contributed by atoms with Gasteiger partial charge in [0.15, 0.2) is 12.4 Å². The Morgan fingerprint density at radius 2 is 1.80 bits per heavy atom. The molecule has 1 saturated heterocycles. The monoisotopic (exact) mass is 608 g/mol. The maximum Gasteiger partial charge on any atom is 0.338 e. The fraction of sp³-hybridized carbons (Fsp3) is 0.686. The van der Waals surface area contributed by atoms with E-state index in [4.69, 9.17) is 9.84 Å². The highest BCUT2D eigenvalue weighted by Gasteiger charge is 2.68. The van der Waals surface area contributed by atoms with Crippen molar-refractivity contribution in [3.05, 3.63) is 47.0 Å². The Morgan fingerprint density at radius 1 is 1.05 bits per heavy atom. The van der Waals surface area contributed by atoms with E-state index in [1.54, 1.807) is 18.2 Å². The van der Waals surface area contributed by atoms with Crippen molar-refractivity contribution in [3.8, 4) is 0 Å². The van der Waals surface area contributed by atoms with Crippen molar-refractivity contribution in [2.45, 2.75) is 77.0 Å². The number of Topliss-reactive ketones (excluding diaryl/α,β-unsaturated/α-hetero) is 1. The zero-order valence-electron chi connectivity index (χ0n) is 26.2. The first-order valence-corrected chi connectivity index (χ1v) is 16.5. The standard InChI is InChI=1S/C35H48N2O7/c1-33-10-8-26(39)19-25(33)6-7-27-28-9-11-35(43,34(28,2)20-29(40)31(27)33)30(41)22-44-32(42)24-5-3-4-23(18-24)21-37-14-12-36(13-15-37)16-17-38/h3-5,18-19,27-29,31,38,40,43H,6-17,20-22H2,1-2H3/t27-,28-,29-,31+,33-,34-,35-/m0/s1. The van der Waals surface area contributed by atoms with Gasteiger partial charge in [0, 0.05) is 51.1 Å². The topological polar surface area (TPSA) is 128 Å². The van der Waals surface area contributed by atoms with Crippen molar-refractivity contribution in [3.63, 3.8) is 0 Å². The van der Waals surface area contributed by atoms with Crippen LogP contribution in [0, 0.1) is 28.6 Å². The van der Waals surface area contributed by atoms with Crippen LogP contribution in [-0.4, -0.2) is 100 Å². The van der Waals surface area contributed by atoms with E-state index in [1.165, 1.54) is 0 Å². The number of ether oxygens (including phenoxy) is 1. The highest BCUT2D eigenvalue weighted by molar-refractivity contribution is 5.94. The van der Waals surface area contributed by atoms with Gasteiger partial charge >= 0.3 is 5.97 Å². The van der Waals surface area contributed by atoms with Gasteiger partial charge in [-0.2, -0.15) is 0 Å². The molecule has 0 amide bonds. The normalized spacial score (nSPS) is 37.5. The van der Waals surface area contributed by atoms with E-state index >= 15 is 0 Å². The van der Waals surface area contributed by atoms with Crippen LogP contribution in [0.25, 0.3) is 0 Å². The van der Waals surface area contributed by atoms with Gasteiger partial charge in [-0.25, -0.2) is 4.79 Å². The number of nitrogens with zero attached hydrogens (tertiary/aromatic N) is 2. The molecule has 44 heavy (non-hydrogen) atoms. The van der Waals surface area contributed by atoms with Gasteiger partial charge in [0.05, 0.1) is 18.3 Å². The summed E-state index contributed by atoms with van der Waals surface area (Å²) in [6.45, 7) is 8.72. The largest absolute Gasteiger partial charge is 0.454 e. The maximum absolute atomic E-state index is 13.7. The predicted octanol–water partition coefficient (Wildman–Crippen LogP) is 2.76. The molecule has 0 bridgehead atoms. The Bertz CT molecular complexity index is 1320. The number of benzene rings is 1. The van der Waals surface area contributed by atoms with E-state index in [-0.39, 0.29) is 35.6 Å². The molecule has 6 rings (SSSR count). The van der Waals surface area contributed by atoms with E-state index in [1.807, 2.05) is 19.1 Å². The quantitative estimate of drug-likeness (QED) is 0.382. The number of aliphatic hydroxyl groups excluding tert-OH is 2. The third kappa shape index (κ3) is 5.38. The third-order valence-electron chi connectivity index (χ3n) is 12.3. The summed E-state index contributed by atoms with van der Waals surface area (Å²) in [5.74, 6) is -0.694. The fourth-order valence-corrected chi connectivity index (χ4v) is 9.85. The molecule has 0 spiro atoms. The number of aliphatic hydroxyl groups is 3. The first kappa shape index (κ1) is 31.5. The molecule has 1 aromatic rings. The Morgan fingerprint density at radius 3 is 2.55 bits per heavy atom. The molecule has 1 heterocycles. The number of rotatable bonds is 8. The number of allylic oxidation sites excluding steroid dienone is 1. The molecule has 7 atom stereocenters. The number of ketones is 2. The summed E-state index contributed by atoms with van der Waals surface area (Å²) in [4.78, 5) is 43.4. The van der Waals surface area contributed by atoms with E-state index in [0.29, 0.717) is 44.3 Å². The summed E-state index contributed by atoms with van der Waals surface area (Å²) >= 11 is 0. The lowest BCUT2D eigenvalue weighted by Gasteiger charge is -2.60. The molecule has 0 radical (unpaired) electrons. The third-order valence-corrected chi connectivity index (χ3v) is 12.3. The van der Waals surface area contributed by atoms with Gasteiger partial charge in [-0.3, -0.25) is 19.4 Å². The van der Waals surface area contributed by atoms with E-state index in [2.05, 4.69) is 16.7 Å². The number of β-amino-alcohol motifs (C(OH)–C–C–N with tert-alkyl or cyclic N) is 1. The van der Waals surface area contributed by atoms with Crippen molar-refractivity contribution in [1.29, 1.82) is 0 Å². The van der Waals surface area contributed by atoms with Crippen molar-refractivity contribution >= 4 is 17.5 Å². The molecule has 240 valence electrons. The molecular weight excluding hydrogens is 560 g/mol. The Labute approximate surface area is 260 Å². The van der Waals surface area contributed by atoms with Gasteiger partial charge in [0.2, 0.25) is 5.78 Å². The molecule has 1 aromatic carbocycles. The summed E-state index contributed by atoms with van der Waals surface area (Å²) in [5.41, 5.74) is -0.223. The number of carbonyl (C=O) groups excluding carboxylic acids is 3. The van der Waals surface area contributed by atoms with Gasteiger partial charge < -0.3 is 20.1 Å². The molecule has 4 aliphatic carbocycles. The van der Waals surface area contributed by atoms with E-state index in [9.17, 15) is 24.6 Å². The summed E-state index contributed by atoms with van der Waals surface area (Å²) in [6.07, 6.45) is 5.28. The SMILES string of the molecule is C[C@]12CCC(=O)C=C1CC[C@@H]1[C@@H]2[C@@H](O)C[C@@]2(C)[C@H]1CC[C@]2(O)C(=O)COC(=O)c1cccc(CN2CCN(CCO)CC2)c1. The van der Waals surface area contributed by atoms with Crippen LogP contribution in [0.15, 0.2) is 35.9 Å². The summed E-state index contributed by atoms with van der Waals surface area (Å²) in [7, 11) is 0. The number of hydrogen-bond acceptors (Lipinski definition) is 9. The molecule has 4 fully saturated rings. The zero-order chi connectivity index (χ0) is 31.3. The minimum atomic E-state index is -1.68. The van der Waals surface area contributed by atoms with Crippen molar-refractivity contribution in [2.24, 2.45) is 28.6 Å². The van der Waals surface area contributed by atoms with Crippen molar-refractivity contribution < 1.29 is 34.4 Å². The summed E-state index contributed by atoms with van der Waals surface area (Å²) in [5, 5.41) is 32.8. The predicted molar refractivity (Wildman–Crippen MR) is 164 cm³/mol. The summed E-state index contributed by atoms with van der Waals surface area (Å²) < 4.78 is 5.51. The second kappa shape index (κ2) is 12.1. The van der Waals surface area contributed by atoms with Gasteiger partial charge in [-0.05, 0) is 85.5 Å². The Kier molecular flexibility index (Phi) is 8.65. The molecule has 9 nitrogen and oxygen atoms in total. The first-order valence-electron chi connectivity index (χ1n) is 16.5. The second-order valence-electron chi connectivity index (χ2n) is 14.5. The average molecular weight is 609 g/mol. The number of fused-ring (bicyclic) bond motifs is 5. The zero-order valence-corrected chi connectivity index (χ0v) is 26.2. The number of carbonyl (C=O) groups is 3. The number of esters is 1. The van der Waals surface area contributed by atoms with Gasteiger partial charge in [-0.15, -0.1) is 0 Å². The van der Waals surface area contributed by atoms with Crippen LogP contribution >= 0.6 is 0 Å². The van der Waals surface area contributed by atoms with Crippen LogP contribution < -0.4 is 0 Å². The Hall–Kier alpha value is -2.43. The van der Waals surface area contributed by atoms with Gasteiger partial charge in [-0.1, -0.05) is 31.6 Å². The average Bonchev–Trinajstić information content (AvgIpc) is 3.27. The highest BCUT2D eigenvalue weighted by atomic mass is 16.5. The molecule has 0 aromatic heterocycles. The van der Waals surface area contributed by atoms with Gasteiger partial charge in [0.1, 0.15) is 5.60 Å². The fourth-order valence-electron chi connectivity index (χ4n) is 9.85. The lowest BCUT2D eigenvalue weighted by molar-refractivity contribution is -0.182. The van der Waals surface area contributed by atoms with Crippen LogP contribution in [0.4, 0.5) is 0 Å². The van der Waals surface area contributed by atoms with Gasteiger partial charge in [0.25, 0.3) is 0 Å². The lowest BCUT2D eigenvalue weighted by atomic mass is 9.45. The maximum atomic E-state index is 13.7. The Balaban J connectivity index is 1.09.